The molecular formula is C24H24ClN5O4. The normalized spacial score (nSPS) is 10.6. The van der Waals surface area contributed by atoms with Crippen molar-refractivity contribution in [2.24, 2.45) is 0 Å². The highest BCUT2D eigenvalue weighted by atomic mass is 35.5. The number of benzene rings is 2. The minimum Gasteiger partial charge on any atom is -0.496 e. The van der Waals surface area contributed by atoms with E-state index in [1.807, 2.05) is 17.6 Å². The van der Waals surface area contributed by atoms with E-state index in [0.29, 0.717) is 45.6 Å². The Kier molecular flexibility index (Phi) is 7.07. The lowest BCUT2D eigenvalue weighted by Gasteiger charge is -2.21. The molecule has 0 saturated carbocycles. The van der Waals surface area contributed by atoms with Gasteiger partial charge in [0.15, 0.2) is 0 Å². The van der Waals surface area contributed by atoms with Gasteiger partial charge in [-0.1, -0.05) is 24.3 Å². The van der Waals surface area contributed by atoms with E-state index in [1.54, 1.807) is 36.4 Å². The number of carbonyl (C=O) groups is 1. The lowest BCUT2D eigenvalue weighted by molar-refractivity contribution is 0.0696. The SMILES string of the molecule is CCn1c(-c2ccccc2OC)c(C(=O)O)c(=O)c2c(Cc3cnc(N)nc3N)cccc21.Cl. The van der Waals surface area contributed by atoms with Gasteiger partial charge in [0.25, 0.3) is 0 Å². The maximum absolute atomic E-state index is 13.7. The molecular weight excluding hydrogens is 458 g/mol. The van der Waals surface area contributed by atoms with E-state index in [2.05, 4.69) is 9.97 Å². The average Bonchev–Trinajstić information content (AvgIpc) is 2.80. The predicted molar refractivity (Wildman–Crippen MR) is 134 cm³/mol. The van der Waals surface area contributed by atoms with Crippen LogP contribution < -0.4 is 21.6 Å². The van der Waals surface area contributed by atoms with E-state index in [-0.39, 0.29) is 36.2 Å². The number of methoxy groups -OCH3 is 1. The van der Waals surface area contributed by atoms with Gasteiger partial charge in [-0.25, -0.2) is 9.78 Å². The number of carboxylic acids is 1. The number of nitrogens with zero attached hydrogens (tertiary/aromatic N) is 3. The second kappa shape index (κ2) is 9.80. The van der Waals surface area contributed by atoms with Crippen LogP contribution >= 0.6 is 12.4 Å². The molecule has 0 atom stereocenters. The number of hydrogen-bond acceptors (Lipinski definition) is 7. The van der Waals surface area contributed by atoms with Crippen molar-refractivity contribution < 1.29 is 14.6 Å². The second-order valence-electron chi connectivity index (χ2n) is 7.43. The van der Waals surface area contributed by atoms with Gasteiger partial charge in [0.1, 0.15) is 17.1 Å². The third-order valence-electron chi connectivity index (χ3n) is 5.57. The molecule has 0 unspecified atom stereocenters. The number of fused-ring (bicyclic) bond motifs is 1. The molecule has 5 N–H and O–H groups in total. The number of carboxylic acid groups (broad SMARTS) is 1. The van der Waals surface area contributed by atoms with E-state index in [9.17, 15) is 14.7 Å². The number of anilines is 2. The van der Waals surface area contributed by atoms with Crippen molar-refractivity contribution in [3.63, 3.8) is 0 Å². The van der Waals surface area contributed by atoms with Crippen LogP contribution in [0, 0.1) is 0 Å². The summed E-state index contributed by atoms with van der Waals surface area (Å²) in [4.78, 5) is 34.0. The Morgan fingerprint density at radius 1 is 1.12 bits per heavy atom. The number of aromatic nitrogens is 3. The fourth-order valence-corrected chi connectivity index (χ4v) is 4.13. The summed E-state index contributed by atoms with van der Waals surface area (Å²) in [6.07, 6.45) is 1.76. The zero-order chi connectivity index (χ0) is 23.7. The molecule has 34 heavy (non-hydrogen) atoms. The standard InChI is InChI=1S/C24H23N5O4.ClH/c1-3-29-16-9-6-7-13(11-14-12-27-24(26)28-22(14)25)18(16)21(30)19(23(31)32)20(29)15-8-4-5-10-17(15)33-2;/h4-10,12H,3,11H2,1-2H3,(H,31,32)(H4,25,26,27,28);1H. The third kappa shape index (κ3) is 4.13. The number of aromatic carboxylic acids is 1. The number of nitrogens with two attached hydrogens (primary N) is 2. The smallest absolute Gasteiger partial charge is 0.341 e. The van der Waals surface area contributed by atoms with Crippen LogP contribution in [-0.4, -0.2) is 32.7 Å². The molecule has 9 nitrogen and oxygen atoms in total. The lowest BCUT2D eigenvalue weighted by atomic mass is 9.96. The summed E-state index contributed by atoms with van der Waals surface area (Å²) in [6.45, 7) is 2.33. The number of aryl methyl sites for hydroxylation is 1. The molecule has 0 spiro atoms. The Hall–Kier alpha value is -4.11. The molecule has 0 fully saturated rings. The predicted octanol–water partition coefficient (Wildman–Crippen LogP) is 3.36. The van der Waals surface area contributed by atoms with E-state index >= 15 is 0 Å². The number of para-hydroxylation sites is 1. The fourth-order valence-electron chi connectivity index (χ4n) is 4.13. The lowest BCUT2D eigenvalue weighted by Crippen LogP contribution is -2.23. The largest absolute Gasteiger partial charge is 0.496 e. The molecule has 0 aliphatic heterocycles. The van der Waals surface area contributed by atoms with Crippen LogP contribution in [0.2, 0.25) is 0 Å². The average molecular weight is 482 g/mol. The molecule has 2 aromatic carbocycles. The first-order valence-corrected chi connectivity index (χ1v) is 10.3. The summed E-state index contributed by atoms with van der Waals surface area (Å²) in [6, 6.07) is 12.4. The van der Waals surface area contributed by atoms with Crippen molar-refractivity contribution in [1.82, 2.24) is 14.5 Å². The topological polar surface area (TPSA) is 146 Å². The highest BCUT2D eigenvalue weighted by Crippen LogP contribution is 2.34. The Morgan fingerprint density at radius 3 is 2.50 bits per heavy atom. The molecule has 2 aromatic heterocycles. The summed E-state index contributed by atoms with van der Waals surface area (Å²) < 4.78 is 7.29. The summed E-state index contributed by atoms with van der Waals surface area (Å²) in [5, 5.41) is 10.4. The summed E-state index contributed by atoms with van der Waals surface area (Å²) in [7, 11) is 1.51. The summed E-state index contributed by atoms with van der Waals surface area (Å²) in [5.74, 6) is -0.574. The molecule has 4 aromatic rings. The van der Waals surface area contributed by atoms with Crippen LogP contribution in [0.5, 0.6) is 5.75 Å². The molecule has 0 saturated heterocycles. The van der Waals surface area contributed by atoms with E-state index in [1.165, 1.54) is 13.3 Å². The van der Waals surface area contributed by atoms with Gasteiger partial charge in [0.2, 0.25) is 11.4 Å². The Bertz CT molecular complexity index is 1450. The summed E-state index contributed by atoms with van der Waals surface area (Å²) in [5.41, 5.74) is 13.3. The van der Waals surface area contributed by atoms with Gasteiger partial charge >= 0.3 is 5.97 Å². The van der Waals surface area contributed by atoms with Crippen LogP contribution in [0.3, 0.4) is 0 Å². The second-order valence-corrected chi connectivity index (χ2v) is 7.43. The number of nitrogen functional groups attached to an aromatic ring is 2. The number of rotatable bonds is 6. The highest BCUT2D eigenvalue weighted by Gasteiger charge is 2.26. The maximum atomic E-state index is 13.7. The minimum absolute atomic E-state index is 0. The molecule has 0 bridgehead atoms. The first kappa shape index (κ1) is 24.5. The highest BCUT2D eigenvalue weighted by molar-refractivity contribution is 6.01. The van der Waals surface area contributed by atoms with Gasteiger partial charge in [-0.15, -0.1) is 12.4 Å². The molecule has 0 aliphatic carbocycles. The molecule has 176 valence electrons. The van der Waals surface area contributed by atoms with Crippen LogP contribution in [0.1, 0.15) is 28.4 Å². The van der Waals surface area contributed by atoms with Gasteiger partial charge in [-0.05, 0) is 30.7 Å². The zero-order valence-corrected chi connectivity index (χ0v) is 19.4. The molecule has 10 heteroatoms. The Morgan fingerprint density at radius 2 is 1.85 bits per heavy atom. The van der Waals surface area contributed by atoms with Crippen molar-refractivity contribution in [2.75, 3.05) is 18.6 Å². The maximum Gasteiger partial charge on any atom is 0.341 e. The van der Waals surface area contributed by atoms with Gasteiger partial charge in [-0.2, -0.15) is 4.98 Å². The minimum atomic E-state index is -1.31. The van der Waals surface area contributed by atoms with E-state index in [0.717, 1.165) is 0 Å². The number of hydrogen-bond donors (Lipinski definition) is 3. The summed E-state index contributed by atoms with van der Waals surface area (Å²) >= 11 is 0. The van der Waals surface area contributed by atoms with Crippen LogP contribution in [0.15, 0.2) is 53.5 Å². The first-order valence-electron chi connectivity index (χ1n) is 10.3. The van der Waals surface area contributed by atoms with Crippen molar-refractivity contribution >= 4 is 41.0 Å². The Balaban J connectivity index is 0.00000324. The Labute approximate surface area is 201 Å². The van der Waals surface area contributed by atoms with Crippen LogP contribution in [0.4, 0.5) is 11.8 Å². The van der Waals surface area contributed by atoms with Crippen LogP contribution in [-0.2, 0) is 13.0 Å². The van der Waals surface area contributed by atoms with Gasteiger partial charge in [0, 0.05) is 30.3 Å². The quantitative estimate of drug-likeness (QED) is 0.380. The van der Waals surface area contributed by atoms with Gasteiger partial charge in [0.05, 0.1) is 23.7 Å². The number of halogens is 1. The van der Waals surface area contributed by atoms with E-state index < -0.39 is 11.4 Å². The zero-order valence-electron chi connectivity index (χ0n) is 18.6. The van der Waals surface area contributed by atoms with Gasteiger partial charge < -0.3 is 25.9 Å². The van der Waals surface area contributed by atoms with Crippen molar-refractivity contribution in [3.05, 3.63) is 75.6 Å². The van der Waals surface area contributed by atoms with Crippen molar-refractivity contribution in [3.8, 4) is 17.0 Å². The number of pyridine rings is 1. The van der Waals surface area contributed by atoms with E-state index in [4.69, 9.17) is 16.2 Å². The monoisotopic (exact) mass is 481 g/mol. The molecule has 2 heterocycles. The molecule has 0 amide bonds. The fraction of sp³-hybridized carbons (Fsp3) is 0.167. The van der Waals surface area contributed by atoms with Crippen molar-refractivity contribution in [2.45, 2.75) is 19.9 Å². The first-order chi connectivity index (χ1) is 15.9. The molecule has 4 rings (SSSR count). The third-order valence-corrected chi connectivity index (χ3v) is 5.57. The molecule has 0 aliphatic rings. The van der Waals surface area contributed by atoms with Crippen LogP contribution in [0.25, 0.3) is 22.2 Å². The number of ether oxygens (including phenoxy) is 1. The molecule has 0 radical (unpaired) electrons. The van der Waals surface area contributed by atoms with Crippen molar-refractivity contribution in [1.29, 1.82) is 0 Å². The van der Waals surface area contributed by atoms with Gasteiger partial charge in [-0.3, -0.25) is 4.79 Å².